The Balaban J connectivity index is -0.0000000702. The monoisotopic (exact) mass is 548 g/mol. The van der Waals surface area contributed by atoms with E-state index in [1.165, 1.54) is 26.7 Å². The van der Waals surface area contributed by atoms with Crippen LogP contribution >= 0.6 is 29.5 Å². The molecule has 0 amide bonds. The molecule has 0 aliphatic heterocycles. The van der Waals surface area contributed by atoms with Crippen LogP contribution in [-0.4, -0.2) is 75.2 Å². The normalized spacial score (nSPS) is 19.0. The zero-order valence-corrected chi connectivity index (χ0v) is 22.8. The van der Waals surface area contributed by atoms with E-state index in [0.29, 0.717) is 0 Å². The Morgan fingerprint density at radius 1 is 0.480 bits per heavy atom. The third-order valence-corrected chi connectivity index (χ3v) is 6.89. The van der Waals surface area contributed by atoms with Gasteiger partial charge < -0.3 is 37.8 Å². The van der Waals surface area contributed by atoms with Gasteiger partial charge in [-0.2, -0.15) is 0 Å². The Morgan fingerprint density at radius 3 is 0.520 bits per heavy atom. The van der Waals surface area contributed by atoms with Crippen molar-refractivity contribution in [2.75, 3.05) is 51.3 Å². The molecule has 0 spiro atoms. The van der Waals surface area contributed by atoms with Crippen molar-refractivity contribution in [3.05, 3.63) is 0 Å². The van der Waals surface area contributed by atoms with Crippen LogP contribution in [0.3, 0.4) is 0 Å². The number of hydrogen-bond acceptors (Lipinski definition) is 8. The molecule has 0 heterocycles. The zero-order chi connectivity index (χ0) is 20.8. The molecule has 25 heavy (non-hydrogen) atoms. The van der Waals surface area contributed by atoms with E-state index in [0.717, 1.165) is 0 Å². The van der Waals surface area contributed by atoms with Gasteiger partial charge in [-0.25, -0.2) is 0 Å². The molecule has 13 heteroatoms. The second-order valence-electron chi connectivity index (χ2n) is 5.32. The molecule has 0 aliphatic rings. The molecule has 0 aliphatic carbocycles. The van der Waals surface area contributed by atoms with Gasteiger partial charge in [-0.05, 0) is 51.3 Å². The molecule has 0 radical (unpaired) electrons. The molecule has 8 nitrogen and oxygen atoms in total. The van der Waals surface area contributed by atoms with Crippen LogP contribution in [0.25, 0.3) is 0 Å². The minimum absolute atomic E-state index is 0. The van der Waals surface area contributed by atoms with Gasteiger partial charge in [-0.15, -0.1) is 0 Å². The third kappa shape index (κ3) is 77.2. The van der Waals surface area contributed by atoms with Crippen molar-refractivity contribution in [1.82, 2.24) is 0 Å². The maximum absolute atomic E-state index is 10.0. The summed E-state index contributed by atoms with van der Waals surface area (Å²) in [5, 5.41) is 0. The molecule has 0 rings (SSSR count). The molecule has 4 unspecified atom stereocenters. The number of rotatable bonds is 4. The summed E-state index contributed by atoms with van der Waals surface area (Å²) < 4.78 is 40.1. The summed E-state index contributed by atoms with van der Waals surface area (Å²) in [7, 11) is -11.6. The van der Waals surface area contributed by atoms with Crippen LogP contribution < -0.4 is 19.6 Å². The maximum Gasteiger partial charge on any atom is 4.00 e. The molecule has 4 atom stereocenters. The molecular formula is C12H32O8P4Sn. The predicted molar refractivity (Wildman–Crippen MR) is 102 cm³/mol. The van der Waals surface area contributed by atoms with Gasteiger partial charge in [0, 0.05) is 29.5 Å². The van der Waals surface area contributed by atoms with Gasteiger partial charge in [0.15, 0.2) is 0 Å². The first-order valence-corrected chi connectivity index (χ1v) is 16.4. The second-order valence-corrected chi connectivity index (χ2v) is 16.0. The van der Waals surface area contributed by atoms with Crippen molar-refractivity contribution in [2.45, 2.75) is 27.7 Å². The molecule has 0 bridgehead atoms. The summed E-state index contributed by atoms with van der Waals surface area (Å²) in [5.41, 5.74) is 0. The van der Waals surface area contributed by atoms with Crippen molar-refractivity contribution in [2.24, 2.45) is 0 Å². The average molecular weight is 547 g/mol. The molecule has 0 fully saturated rings. The largest absolute Gasteiger partial charge is 4.00 e. The standard InChI is InChI=1S/4C3H9O2P.Sn/c4*1-3-6(2,4)5;/h4*3H2,1-2H3,(H,4,5);/q;;;;+4/p-4. The fourth-order valence-electron chi connectivity index (χ4n) is 0. The van der Waals surface area contributed by atoms with Gasteiger partial charge in [-0.1, -0.05) is 27.7 Å². The van der Waals surface area contributed by atoms with Crippen LogP contribution in [0.15, 0.2) is 0 Å². The van der Waals surface area contributed by atoms with E-state index in [9.17, 15) is 37.8 Å². The van der Waals surface area contributed by atoms with E-state index < -0.39 is 29.5 Å². The van der Waals surface area contributed by atoms with Gasteiger partial charge in [-0.3, -0.25) is 0 Å². The van der Waals surface area contributed by atoms with Crippen LogP contribution in [0.4, 0.5) is 0 Å². The predicted octanol–water partition coefficient (Wildman–Crippen LogP) is 0.717. The Hall–Kier alpha value is 1.56. The molecule has 152 valence electrons. The SMILES string of the molecule is CCP(C)(=O)[O-].CCP(C)(=O)[O-].CCP(C)(=O)[O-].CCP(C)(=O)[O-].[Sn+4]. The van der Waals surface area contributed by atoms with E-state index in [4.69, 9.17) is 0 Å². The van der Waals surface area contributed by atoms with E-state index in [1.54, 1.807) is 27.7 Å². The van der Waals surface area contributed by atoms with Crippen molar-refractivity contribution < 1.29 is 37.8 Å². The number of hydrogen-bond donors (Lipinski definition) is 0. The van der Waals surface area contributed by atoms with Crippen molar-refractivity contribution in [3.8, 4) is 0 Å². The van der Waals surface area contributed by atoms with Crippen molar-refractivity contribution in [3.63, 3.8) is 0 Å². The molecule has 0 N–H and O–H groups in total. The summed E-state index contributed by atoms with van der Waals surface area (Å²) in [6.07, 6.45) is 1.08. The van der Waals surface area contributed by atoms with E-state index in [-0.39, 0.29) is 48.6 Å². The summed E-state index contributed by atoms with van der Waals surface area (Å²) >= 11 is 0. The first-order valence-electron chi connectivity index (χ1n) is 7.34. The fourth-order valence-corrected chi connectivity index (χ4v) is 0. The first kappa shape index (κ1) is 37.3. The van der Waals surface area contributed by atoms with E-state index in [2.05, 4.69) is 0 Å². The van der Waals surface area contributed by atoms with Gasteiger partial charge in [0.25, 0.3) is 0 Å². The molecule has 0 saturated carbocycles. The Labute approximate surface area is 170 Å². The third-order valence-electron chi connectivity index (χ3n) is 2.30. The molecule has 0 saturated heterocycles. The van der Waals surface area contributed by atoms with E-state index in [1.807, 2.05) is 0 Å². The molecular weight excluding hydrogens is 515 g/mol. The first-order chi connectivity index (χ1) is 10.2. The molecule has 0 aromatic carbocycles. The summed E-state index contributed by atoms with van der Waals surface area (Å²) in [6.45, 7) is 11.5. The van der Waals surface area contributed by atoms with Gasteiger partial charge in [0.1, 0.15) is 0 Å². The summed E-state index contributed by atoms with van der Waals surface area (Å²) in [4.78, 5) is 40.1. The fraction of sp³-hybridized carbons (Fsp3) is 1.00. The smallest absolute Gasteiger partial charge is 0.799 e. The quantitative estimate of drug-likeness (QED) is 0.368. The molecule has 0 aromatic heterocycles. The zero-order valence-electron chi connectivity index (χ0n) is 16.4. The van der Waals surface area contributed by atoms with Crippen LogP contribution in [-0.2, 0) is 18.3 Å². The topological polar surface area (TPSA) is 161 Å². The van der Waals surface area contributed by atoms with Crippen molar-refractivity contribution >= 4 is 53.4 Å². The second kappa shape index (κ2) is 17.6. The van der Waals surface area contributed by atoms with E-state index >= 15 is 0 Å². The van der Waals surface area contributed by atoms with Crippen LogP contribution in [0.5, 0.6) is 0 Å². The van der Waals surface area contributed by atoms with Crippen LogP contribution in [0.1, 0.15) is 27.7 Å². The maximum atomic E-state index is 10.0. The summed E-state index contributed by atoms with van der Waals surface area (Å²) in [5.74, 6) is 0. The minimum Gasteiger partial charge on any atom is -0.799 e. The van der Waals surface area contributed by atoms with Crippen LogP contribution in [0, 0.1) is 0 Å². The minimum atomic E-state index is -2.90. The summed E-state index contributed by atoms with van der Waals surface area (Å²) in [6, 6.07) is 0. The van der Waals surface area contributed by atoms with Crippen molar-refractivity contribution in [1.29, 1.82) is 0 Å². The van der Waals surface area contributed by atoms with Gasteiger partial charge in [0.2, 0.25) is 0 Å². The Morgan fingerprint density at radius 2 is 0.520 bits per heavy atom. The average Bonchev–Trinajstić information content (AvgIpc) is 2.37. The van der Waals surface area contributed by atoms with Gasteiger partial charge >= 0.3 is 23.9 Å². The van der Waals surface area contributed by atoms with Gasteiger partial charge in [0.05, 0.1) is 0 Å². The Bertz CT molecular complexity index is 386. The Kier molecular flexibility index (Phi) is 26.3. The molecule has 0 aromatic rings. The van der Waals surface area contributed by atoms with Crippen LogP contribution in [0.2, 0.25) is 0 Å².